The van der Waals surface area contributed by atoms with Crippen molar-refractivity contribution in [1.82, 2.24) is 10.2 Å². The highest BCUT2D eigenvalue weighted by Gasteiger charge is 2.40. The first-order valence-electron chi connectivity index (χ1n) is 7.52. The van der Waals surface area contributed by atoms with Crippen molar-refractivity contribution in [2.75, 3.05) is 19.7 Å². The Morgan fingerprint density at radius 3 is 2.77 bits per heavy atom. The number of hydrogen-bond acceptors (Lipinski definition) is 4. The number of carbonyl (C=O) groups is 1. The van der Waals surface area contributed by atoms with Gasteiger partial charge in [-0.05, 0) is 12.1 Å². The lowest BCUT2D eigenvalue weighted by Crippen LogP contribution is -2.45. The molecule has 0 radical (unpaired) electrons. The largest absolute Gasteiger partial charge is 0.395 e. The molecule has 1 aromatic carbocycles. The summed E-state index contributed by atoms with van der Waals surface area (Å²) in [4.78, 5) is 13.4. The van der Waals surface area contributed by atoms with Crippen molar-refractivity contribution < 1.29 is 15.0 Å². The normalized spacial score (nSPS) is 24.6. The average Bonchev–Trinajstić information content (AvgIpc) is 2.83. The molecule has 0 aliphatic carbocycles. The van der Waals surface area contributed by atoms with Crippen LogP contribution in [0.3, 0.4) is 0 Å². The second-order valence-electron chi connectivity index (χ2n) is 5.37. The van der Waals surface area contributed by atoms with Crippen LogP contribution >= 0.6 is 0 Å². The van der Waals surface area contributed by atoms with Crippen molar-refractivity contribution in [3.05, 3.63) is 35.9 Å². The zero-order valence-electron chi connectivity index (χ0n) is 12.7. The lowest BCUT2D eigenvalue weighted by atomic mass is 10.1. The molecule has 1 amide bonds. The van der Waals surface area contributed by atoms with E-state index in [1.54, 1.807) is 6.92 Å². The van der Waals surface area contributed by atoms with Gasteiger partial charge >= 0.3 is 0 Å². The Hall–Kier alpha value is -1.87. The van der Waals surface area contributed by atoms with Gasteiger partial charge < -0.3 is 15.5 Å². The summed E-state index contributed by atoms with van der Waals surface area (Å²) < 4.78 is 0. The van der Waals surface area contributed by atoms with Gasteiger partial charge in [0.25, 0.3) is 0 Å². The zero-order valence-corrected chi connectivity index (χ0v) is 12.7. The van der Waals surface area contributed by atoms with E-state index in [1.165, 1.54) is 0 Å². The minimum Gasteiger partial charge on any atom is -0.395 e. The number of aliphatic hydroxyl groups excluding tert-OH is 2. The van der Waals surface area contributed by atoms with E-state index in [1.807, 2.05) is 35.2 Å². The maximum atomic E-state index is 11.5. The number of amides is 1. The number of nitrogens with zero attached hydrogens (tertiary/aromatic N) is 1. The fraction of sp³-hybridized carbons (Fsp3) is 0.471. The first-order valence-corrected chi connectivity index (χ1v) is 7.52. The Morgan fingerprint density at radius 1 is 1.41 bits per heavy atom. The molecule has 3 N–H and O–H groups in total. The van der Waals surface area contributed by atoms with E-state index >= 15 is 0 Å². The molecular weight excluding hydrogens is 280 g/mol. The van der Waals surface area contributed by atoms with Crippen molar-refractivity contribution >= 4 is 5.91 Å². The summed E-state index contributed by atoms with van der Waals surface area (Å²) in [5.41, 5.74) is 0.929. The molecule has 2 rings (SSSR count). The Kier molecular flexibility index (Phi) is 5.96. The molecule has 22 heavy (non-hydrogen) atoms. The summed E-state index contributed by atoms with van der Waals surface area (Å²) in [5, 5.41) is 22.5. The number of aliphatic hydroxyl groups is 2. The molecular formula is C17H22N2O3. The van der Waals surface area contributed by atoms with E-state index in [4.69, 9.17) is 0 Å². The summed E-state index contributed by atoms with van der Waals surface area (Å²) in [6.45, 7) is 2.53. The van der Waals surface area contributed by atoms with Crippen LogP contribution in [-0.4, -0.2) is 58.9 Å². The highest BCUT2D eigenvalue weighted by atomic mass is 16.3. The van der Waals surface area contributed by atoms with Crippen LogP contribution in [0.4, 0.5) is 0 Å². The molecule has 5 heteroatoms. The van der Waals surface area contributed by atoms with Crippen LogP contribution in [0, 0.1) is 11.8 Å². The molecule has 5 nitrogen and oxygen atoms in total. The summed E-state index contributed by atoms with van der Waals surface area (Å²) in [6, 6.07) is 8.90. The van der Waals surface area contributed by atoms with Crippen LogP contribution in [0.1, 0.15) is 18.9 Å². The average molecular weight is 302 g/mol. The number of carbonyl (C=O) groups excluding carboxylic acids is 1. The van der Waals surface area contributed by atoms with Gasteiger partial charge in [-0.2, -0.15) is 0 Å². The number of benzene rings is 1. The fourth-order valence-electron chi connectivity index (χ4n) is 2.59. The van der Waals surface area contributed by atoms with E-state index < -0.39 is 12.1 Å². The summed E-state index contributed by atoms with van der Waals surface area (Å²) >= 11 is 0. The first kappa shape index (κ1) is 16.5. The second kappa shape index (κ2) is 7.95. The SMILES string of the molecule is CCC(=O)N[C@H]1CN(CC#Cc2ccccc2)[C@@H](CO)[C@@H]1O. The standard InChI is InChI=1S/C17H22N2O3/c1-2-16(21)18-14-11-19(15(12-20)17(14)22)10-6-9-13-7-4-3-5-8-13/h3-5,7-8,14-15,17,20,22H,2,10-12H2,1H3,(H,18,21)/t14-,15-,17+/m0/s1. The number of likely N-dealkylation sites (tertiary alicyclic amines) is 1. The van der Waals surface area contributed by atoms with Crippen molar-refractivity contribution in [3.8, 4) is 11.8 Å². The molecule has 118 valence electrons. The lowest BCUT2D eigenvalue weighted by molar-refractivity contribution is -0.122. The maximum Gasteiger partial charge on any atom is 0.220 e. The molecule has 0 unspecified atom stereocenters. The Bertz CT molecular complexity index is 550. The van der Waals surface area contributed by atoms with E-state index in [0.29, 0.717) is 19.5 Å². The van der Waals surface area contributed by atoms with Crippen LogP contribution in [0.2, 0.25) is 0 Å². The summed E-state index contributed by atoms with van der Waals surface area (Å²) in [6.07, 6.45) is -0.403. The molecule has 3 atom stereocenters. The van der Waals surface area contributed by atoms with Crippen molar-refractivity contribution in [2.45, 2.75) is 31.5 Å². The minimum atomic E-state index is -0.779. The Balaban J connectivity index is 1.98. The smallest absolute Gasteiger partial charge is 0.220 e. The zero-order chi connectivity index (χ0) is 15.9. The Morgan fingerprint density at radius 2 is 2.14 bits per heavy atom. The van der Waals surface area contributed by atoms with Gasteiger partial charge in [0, 0.05) is 18.5 Å². The van der Waals surface area contributed by atoms with Crippen molar-refractivity contribution in [1.29, 1.82) is 0 Å². The van der Waals surface area contributed by atoms with Gasteiger partial charge in [-0.15, -0.1) is 0 Å². The topological polar surface area (TPSA) is 72.8 Å². The highest BCUT2D eigenvalue weighted by molar-refractivity contribution is 5.76. The van der Waals surface area contributed by atoms with Gasteiger partial charge in [-0.3, -0.25) is 9.69 Å². The summed E-state index contributed by atoms with van der Waals surface area (Å²) in [7, 11) is 0. The van der Waals surface area contributed by atoms with E-state index in [2.05, 4.69) is 17.2 Å². The van der Waals surface area contributed by atoms with Crippen LogP contribution in [0.25, 0.3) is 0 Å². The van der Waals surface area contributed by atoms with Crippen LogP contribution in [-0.2, 0) is 4.79 Å². The predicted octanol–water partition coefficient (Wildman–Crippen LogP) is -0.0297. The highest BCUT2D eigenvalue weighted by Crippen LogP contribution is 2.18. The molecule has 1 heterocycles. The molecule has 1 saturated heterocycles. The first-order chi connectivity index (χ1) is 10.7. The molecule has 1 fully saturated rings. The lowest BCUT2D eigenvalue weighted by Gasteiger charge is -2.21. The summed E-state index contributed by atoms with van der Waals surface area (Å²) in [5.74, 6) is 6.01. The molecule has 1 aromatic rings. The fourth-order valence-corrected chi connectivity index (χ4v) is 2.59. The monoisotopic (exact) mass is 302 g/mol. The maximum absolute atomic E-state index is 11.5. The number of hydrogen-bond donors (Lipinski definition) is 3. The molecule has 0 bridgehead atoms. The van der Waals surface area contributed by atoms with Gasteiger partial charge in [0.05, 0.1) is 31.3 Å². The van der Waals surface area contributed by atoms with E-state index in [9.17, 15) is 15.0 Å². The molecule has 0 aromatic heterocycles. The van der Waals surface area contributed by atoms with Crippen LogP contribution in [0.5, 0.6) is 0 Å². The Labute approximate surface area is 130 Å². The van der Waals surface area contributed by atoms with Gasteiger partial charge in [0.1, 0.15) is 0 Å². The predicted molar refractivity (Wildman–Crippen MR) is 84.0 cm³/mol. The second-order valence-corrected chi connectivity index (χ2v) is 5.37. The van der Waals surface area contributed by atoms with E-state index in [0.717, 1.165) is 5.56 Å². The molecule has 1 aliphatic heterocycles. The van der Waals surface area contributed by atoms with Gasteiger partial charge in [-0.25, -0.2) is 0 Å². The van der Waals surface area contributed by atoms with E-state index in [-0.39, 0.29) is 18.6 Å². The number of nitrogens with one attached hydrogen (secondary N) is 1. The molecule has 1 aliphatic rings. The quantitative estimate of drug-likeness (QED) is 0.683. The third-order valence-electron chi connectivity index (χ3n) is 3.85. The third-order valence-corrected chi connectivity index (χ3v) is 3.85. The third kappa shape index (κ3) is 4.08. The van der Waals surface area contributed by atoms with Crippen LogP contribution < -0.4 is 5.32 Å². The van der Waals surface area contributed by atoms with Gasteiger partial charge in [0.15, 0.2) is 0 Å². The molecule has 0 saturated carbocycles. The van der Waals surface area contributed by atoms with Crippen molar-refractivity contribution in [2.24, 2.45) is 0 Å². The van der Waals surface area contributed by atoms with Crippen LogP contribution in [0.15, 0.2) is 30.3 Å². The molecule has 0 spiro atoms. The van der Waals surface area contributed by atoms with Crippen molar-refractivity contribution in [3.63, 3.8) is 0 Å². The number of rotatable bonds is 4. The van der Waals surface area contributed by atoms with Gasteiger partial charge in [0.2, 0.25) is 5.91 Å². The van der Waals surface area contributed by atoms with Gasteiger partial charge in [-0.1, -0.05) is 37.0 Å². The minimum absolute atomic E-state index is 0.0991.